The normalized spacial score (nSPS) is 15.9. The van der Waals surface area contributed by atoms with Crippen molar-refractivity contribution in [1.29, 1.82) is 0 Å². The Bertz CT molecular complexity index is 1420. The van der Waals surface area contributed by atoms with E-state index in [1.165, 1.54) is 11.3 Å². The predicted molar refractivity (Wildman–Crippen MR) is 132 cm³/mol. The molecule has 1 aliphatic rings. The van der Waals surface area contributed by atoms with E-state index >= 15 is 0 Å². The Morgan fingerprint density at radius 2 is 1.94 bits per heavy atom. The molecule has 0 amide bonds. The summed E-state index contributed by atoms with van der Waals surface area (Å²) in [5, 5.41) is 0. The van der Waals surface area contributed by atoms with Gasteiger partial charge in [0.1, 0.15) is 11.8 Å². The van der Waals surface area contributed by atoms with Crippen LogP contribution >= 0.6 is 27.3 Å². The number of carbonyl (C=O) groups excluding carboxylic acids is 1. The summed E-state index contributed by atoms with van der Waals surface area (Å²) in [6.45, 7) is 5.35. The Morgan fingerprint density at radius 3 is 2.61 bits per heavy atom. The maximum Gasteiger partial charge on any atom is 0.338 e. The quantitative estimate of drug-likeness (QED) is 0.472. The lowest BCUT2D eigenvalue weighted by molar-refractivity contribution is -0.143. The largest absolute Gasteiger partial charge is 0.496 e. The van der Waals surface area contributed by atoms with Crippen molar-refractivity contribution in [2.24, 2.45) is 4.99 Å². The van der Waals surface area contributed by atoms with Gasteiger partial charge >= 0.3 is 5.97 Å². The fourth-order valence-electron chi connectivity index (χ4n) is 3.77. The number of ether oxygens (including phenoxy) is 2. The number of methoxy groups -OCH3 is 1. The smallest absolute Gasteiger partial charge is 0.338 e. The van der Waals surface area contributed by atoms with E-state index in [1.54, 1.807) is 38.5 Å². The second-order valence-electron chi connectivity index (χ2n) is 7.83. The van der Waals surface area contributed by atoms with Crippen molar-refractivity contribution in [2.75, 3.05) is 7.11 Å². The number of thiazole rings is 1. The number of halogens is 1. The molecule has 6 nitrogen and oxygen atoms in total. The van der Waals surface area contributed by atoms with Crippen molar-refractivity contribution in [1.82, 2.24) is 4.57 Å². The van der Waals surface area contributed by atoms with E-state index in [-0.39, 0.29) is 11.7 Å². The van der Waals surface area contributed by atoms with E-state index < -0.39 is 12.0 Å². The van der Waals surface area contributed by atoms with Gasteiger partial charge in [-0.15, -0.1) is 0 Å². The van der Waals surface area contributed by atoms with Crippen LogP contribution in [0.4, 0.5) is 0 Å². The monoisotopic (exact) mass is 526 g/mol. The number of carbonyl (C=O) groups is 1. The van der Waals surface area contributed by atoms with Crippen molar-refractivity contribution in [3.63, 3.8) is 0 Å². The molecular formula is C25H23BrN2O4S. The lowest BCUT2D eigenvalue weighted by atomic mass is 9.95. The Balaban J connectivity index is 2.01. The molecule has 4 rings (SSSR count). The molecule has 0 saturated heterocycles. The molecule has 1 atom stereocenters. The van der Waals surface area contributed by atoms with Gasteiger partial charge in [0.25, 0.3) is 5.56 Å². The Morgan fingerprint density at radius 1 is 1.21 bits per heavy atom. The van der Waals surface area contributed by atoms with E-state index in [0.717, 1.165) is 10.0 Å². The zero-order chi connectivity index (χ0) is 23.7. The molecule has 170 valence electrons. The maximum atomic E-state index is 13.6. The summed E-state index contributed by atoms with van der Waals surface area (Å²) in [4.78, 5) is 32.0. The average molecular weight is 527 g/mol. The van der Waals surface area contributed by atoms with Gasteiger partial charge in [-0.25, -0.2) is 9.79 Å². The Labute approximate surface area is 203 Å². The SMILES string of the molecule is COc1ccc(Br)cc1[C@@H]1C(C(=O)OC(C)C)=C(C)N=c2s/c(=C\c3ccccc3)c(=O)n21. The van der Waals surface area contributed by atoms with Crippen molar-refractivity contribution in [3.8, 4) is 5.75 Å². The van der Waals surface area contributed by atoms with Gasteiger partial charge in [0, 0.05) is 10.0 Å². The second kappa shape index (κ2) is 9.49. The molecule has 0 bridgehead atoms. The van der Waals surface area contributed by atoms with Crippen molar-refractivity contribution in [3.05, 3.63) is 95.1 Å². The first-order chi connectivity index (χ1) is 15.8. The van der Waals surface area contributed by atoms with Gasteiger partial charge in [-0.2, -0.15) is 0 Å². The molecule has 0 fully saturated rings. The van der Waals surface area contributed by atoms with Crippen molar-refractivity contribution < 1.29 is 14.3 Å². The highest BCUT2D eigenvalue weighted by molar-refractivity contribution is 9.10. The van der Waals surface area contributed by atoms with E-state index in [0.29, 0.717) is 31.9 Å². The van der Waals surface area contributed by atoms with Crippen LogP contribution in [-0.2, 0) is 9.53 Å². The highest BCUT2D eigenvalue weighted by Crippen LogP contribution is 2.37. The number of rotatable bonds is 5. The number of allylic oxidation sites excluding steroid dienone is 1. The molecule has 0 N–H and O–H groups in total. The molecule has 1 aliphatic heterocycles. The fraction of sp³-hybridized carbons (Fsp3) is 0.240. The third-order valence-electron chi connectivity index (χ3n) is 5.17. The molecule has 2 heterocycles. The summed E-state index contributed by atoms with van der Waals surface area (Å²) >= 11 is 4.80. The summed E-state index contributed by atoms with van der Waals surface area (Å²) in [5.41, 5.74) is 2.19. The zero-order valence-electron chi connectivity index (χ0n) is 18.7. The molecule has 3 aromatic rings. The van der Waals surface area contributed by atoms with Crippen LogP contribution in [-0.4, -0.2) is 23.8 Å². The number of hydrogen-bond donors (Lipinski definition) is 0. The highest BCUT2D eigenvalue weighted by Gasteiger charge is 2.35. The second-order valence-corrected chi connectivity index (χ2v) is 9.76. The van der Waals surface area contributed by atoms with Gasteiger partial charge in [-0.1, -0.05) is 57.6 Å². The van der Waals surface area contributed by atoms with Crippen molar-refractivity contribution >= 4 is 39.3 Å². The molecule has 0 radical (unpaired) electrons. The van der Waals surface area contributed by atoms with Crippen LogP contribution in [0.2, 0.25) is 0 Å². The minimum atomic E-state index is -0.738. The standard InChI is InChI=1S/C25H23BrN2O4S/c1-14(2)32-24(30)21-15(3)27-25-28(22(21)18-13-17(26)10-11-19(18)31-4)23(29)20(33-25)12-16-8-6-5-7-9-16/h5-14,22H,1-4H3/b20-12-/t22-/m1/s1. The van der Waals surface area contributed by atoms with Crippen molar-refractivity contribution in [2.45, 2.75) is 32.9 Å². The van der Waals surface area contributed by atoms with Gasteiger partial charge < -0.3 is 9.47 Å². The molecule has 0 saturated carbocycles. The summed E-state index contributed by atoms with van der Waals surface area (Å²) in [5.74, 6) is 0.0565. The molecule has 0 aliphatic carbocycles. The fourth-order valence-corrected chi connectivity index (χ4v) is 5.20. The third-order valence-corrected chi connectivity index (χ3v) is 6.64. The minimum absolute atomic E-state index is 0.225. The maximum absolute atomic E-state index is 13.6. The number of benzene rings is 2. The Kier molecular flexibility index (Phi) is 6.67. The number of fused-ring (bicyclic) bond motifs is 1. The molecule has 0 unspecified atom stereocenters. The Hall–Kier alpha value is -2.97. The van der Waals surface area contributed by atoms with Crippen LogP contribution < -0.4 is 19.6 Å². The predicted octanol–water partition coefficient (Wildman–Crippen LogP) is 3.96. The molecule has 8 heteroatoms. The lowest BCUT2D eigenvalue weighted by Crippen LogP contribution is -2.40. The number of hydrogen-bond acceptors (Lipinski definition) is 6. The first kappa shape index (κ1) is 23.2. The molecule has 33 heavy (non-hydrogen) atoms. The van der Waals surface area contributed by atoms with Crippen LogP contribution in [0.3, 0.4) is 0 Å². The first-order valence-corrected chi connectivity index (χ1v) is 12.0. The molecular weight excluding hydrogens is 504 g/mol. The summed E-state index contributed by atoms with van der Waals surface area (Å²) in [6, 6.07) is 14.4. The van der Waals surface area contributed by atoms with Gasteiger partial charge in [-0.3, -0.25) is 9.36 Å². The van der Waals surface area contributed by atoms with E-state index in [9.17, 15) is 9.59 Å². The van der Waals surface area contributed by atoms with E-state index in [2.05, 4.69) is 20.9 Å². The third kappa shape index (κ3) is 4.58. The number of nitrogens with zero attached hydrogens (tertiary/aromatic N) is 2. The topological polar surface area (TPSA) is 69.9 Å². The first-order valence-electron chi connectivity index (χ1n) is 10.4. The minimum Gasteiger partial charge on any atom is -0.496 e. The van der Waals surface area contributed by atoms with Crippen LogP contribution in [0, 0.1) is 0 Å². The van der Waals surface area contributed by atoms with Gasteiger partial charge in [0.15, 0.2) is 4.80 Å². The molecule has 0 spiro atoms. The van der Waals surface area contributed by atoms with Gasteiger partial charge in [0.2, 0.25) is 0 Å². The summed E-state index contributed by atoms with van der Waals surface area (Å²) in [6.07, 6.45) is 1.52. The van der Waals surface area contributed by atoms with Crippen LogP contribution in [0.25, 0.3) is 6.08 Å². The summed E-state index contributed by atoms with van der Waals surface area (Å²) < 4.78 is 14.1. The van der Waals surface area contributed by atoms with Crippen LogP contribution in [0.1, 0.15) is 37.9 Å². The lowest BCUT2D eigenvalue weighted by Gasteiger charge is -2.26. The van der Waals surface area contributed by atoms with Crippen LogP contribution in [0.5, 0.6) is 5.75 Å². The average Bonchev–Trinajstić information content (AvgIpc) is 3.07. The highest BCUT2D eigenvalue weighted by atomic mass is 79.9. The molecule has 2 aromatic carbocycles. The zero-order valence-corrected chi connectivity index (χ0v) is 21.1. The van der Waals surface area contributed by atoms with Gasteiger partial charge in [0.05, 0.1) is 29.0 Å². The summed E-state index contributed by atoms with van der Waals surface area (Å²) in [7, 11) is 1.56. The number of esters is 1. The molecule has 1 aromatic heterocycles. The number of aromatic nitrogens is 1. The van der Waals surface area contributed by atoms with E-state index in [1.807, 2.05) is 48.5 Å². The van der Waals surface area contributed by atoms with Gasteiger partial charge in [-0.05, 0) is 50.6 Å². The van der Waals surface area contributed by atoms with E-state index in [4.69, 9.17) is 9.47 Å². The van der Waals surface area contributed by atoms with Crippen LogP contribution in [0.15, 0.2) is 74.1 Å².